The Hall–Kier alpha value is -2.42. The maximum Gasteiger partial charge on any atom is 0.188 e. The predicted molar refractivity (Wildman–Crippen MR) is 103 cm³/mol. The lowest BCUT2D eigenvalue weighted by molar-refractivity contribution is -0.0945. The Kier molecular flexibility index (Phi) is 5.61. The number of ether oxygens (including phenoxy) is 3. The van der Waals surface area contributed by atoms with Crippen molar-refractivity contribution in [1.82, 2.24) is 24.3 Å². The summed E-state index contributed by atoms with van der Waals surface area (Å²) in [6.45, 7) is 4.49. The lowest BCUT2D eigenvalue weighted by Crippen LogP contribution is -2.33. The molecule has 28 heavy (non-hydrogen) atoms. The molecule has 2 aromatic heterocycles. The van der Waals surface area contributed by atoms with Crippen LogP contribution in [-0.4, -0.2) is 50.2 Å². The number of aromatic nitrogens is 5. The van der Waals surface area contributed by atoms with Crippen LogP contribution < -0.4 is 4.74 Å². The van der Waals surface area contributed by atoms with Crippen molar-refractivity contribution in [3.05, 3.63) is 47.1 Å². The van der Waals surface area contributed by atoms with E-state index in [1.807, 2.05) is 35.4 Å². The number of rotatable bonds is 6. The van der Waals surface area contributed by atoms with E-state index in [1.165, 1.54) is 0 Å². The van der Waals surface area contributed by atoms with Gasteiger partial charge >= 0.3 is 0 Å². The standard InChI is InChI=1S/C19H22ClN5O3/c1-13-18(24(2)12-21-13)19-22-17(11-28-15-5-3-4-14(20)8-15)23-25(19)9-16-10-26-6-7-27-16/h3-5,8,12,16H,6-7,9-11H2,1-2H3. The molecule has 1 aliphatic heterocycles. The second kappa shape index (κ2) is 8.30. The molecule has 1 unspecified atom stereocenters. The first kappa shape index (κ1) is 18.9. The van der Waals surface area contributed by atoms with Crippen LogP contribution >= 0.6 is 11.6 Å². The summed E-state index contributed by atoms with van der Waals surface area (Å²) in [5.41, 5.74) is 1.80. The molecular weight excluding hydrogens is 382 g/mol. The summed E-state index contributed by atoms with van der Waals surface area (Å²) >= 11 is 6.02. The highest BCUT2D eigenvalue weighted by Crippen LogP contribution is 2.23. The monoisotopic (exact) mass is 403 g/mol. The Balaban J connectivity index is 1.59. The summed E-state index contributed by atoms with van der Waals surface area (Å²) in [4.78, 5) is 9.09. The van der Waals surface area contributed by atoms with E-state index in [9.17, 15) is 0 Å². The molecule has 1 saturated heterocycles. The zero-order valence-corrected chi connectivity index (χ0v) is 16.6. The molecule has 4 rings (SSSR count). The van der Waals surface area contributed by atoms with Gasteiger partial charge in [0.05, 0.1) is 38.4 Å². The molecule has 0 radical (unpaired) electrons. The molecule has 0 N–H and O–H groups in total. The van der Waals surface area contributed by atoms with Crippen molar-refractivity contribution >= 4 is 11.6 Å². The minimum atomic E-state index is -0.0653. The summed E-state index contributed by atoms with van der Waals surface area (Å²) < 4.78 is 20.9. The van der Waals surface area contributed by atoms with Crippen LogP contribution in [0.3, 0.4) is 0 Å². The Labute approximate surface area is 168 Å². The molecule has 1 aliphatic rings. The molecule has 148 valence electrons. The number of aryl methyl sites for hydroxylation is 2. The van der Waals surface area contributed by atoms with Gasteiger partial charge in [-0.1, -0.05) is 17.7 Å². The first-order chi connectivity index (χ1) is 13.6. The zero-order chi connectivity index (χ0) is 19.5. The van der Waals surface area contributed by atoms with Gasteiger partial charge in [-0.2, -0.15) is 5.10 Å². The smallest absolute Gasteiger partial charge is 0.188 e. The first-order valence-corrected chi connectivity index (χ1v) is 9.47. The molecule has 1 fully saturated rings. The first-order valence-electron chi connectivity index (χ1n) is 9.10. The van der Waals surface area contributed by atoms with Crippen LogP contribution in [0.1, 0.15) is 11.5 Å². The van der Waals surface area contributed by atoms with Gasteiger partial charge in [-0.3, -0.25) is 0 Å². The van der Waals surface area contributed by atoms with E-state index in [2.05, 4.69) is 10.1 Å². The summed E-state index contributed by atoms with van der Waals surface area (Å²) in [7, 11) is 1.94. The molecule has 3 heterocycles. The molecular formula is C19H22ClN5O3. The molecule has 0 bridgehead atoms. The minimum Gasteiger partial charge on any atom is -0.485 e. The van der Waals surface area contributed by atoms with Gasteiger partial charge in [0, 0.05) is 12.1 Å². The molecule has 0 amide bonds. The van der Waals surface area contributed by atoms with Crippen LogP contribution in [0.2, 0.25) is 5.02 Å². The van der Waals surface area contributed by atoms with Gasteiger partial charge in [0.1, 0.15) is 24.2 Å². The zero-order valence-electron chi connectivity index (χ0n) is 15.8. The van der Waals surface area contributed by atoms with Crippen molar-refractivity contribution in [1.29, 1.82) is 0 Å². The van der Waals surface area contributed by atoms with Crippen LogP contribution in [0.25, 0.3) is 11.5 Å². The van der Waals surface area contributed by atoms with Gasteiger partial charge in [0.2, 0.25) is 0 Å². The normalized spacial score (nSPS) is 17.0. The van der Waals surface area contributed by atoms with E-state index < -0.39 is 0 Å². The van der Waals surface area contributed by atoms with Gasteiger partial charge < -0.3 is 18.8 Å². The van der Waals surface area contributed by atoms with Crippen LogP contribution in [-0.2, 0) is 29.7 Å². The largest absolute Gasteiger partial charge is 0.485 e. The average molecular weight is 404 g/mol. The number of imidazole rings is 1. The van der Waals surface area contributed by atoms with E-state index in [0.29, 0.717) is 43.0 Å². The molecule has 0 spiro atoms. The highest BCUT2D eigenvalue weighted by Gasteiger charge is 2.22. The van der Waals surface area contributed by atoms with Gasteiger partial charge in [-0.25, -0.2) is 14.6 Å². The maximum atomic E-state index is 6.02. The number of nitrogens with zero attached hydrogens (tertiary/aromatic N) is 5. The van der Waals surface area contributed by atoms with E-state index in [0.717, 1.165) is 17.2 Å². The lowest BCUT2D eigenvalue weighted by Gasteiger charge is -2.23. The lowest BCUT2D eigenvalue weighted by atomic mass is 10.3. The van der Waals surface area contributed by atoms with E-state index >= 15 is 0 Å². The quantitative estimate of drug-likeness (QED) is 0.629. The van der Waals surface area contributed by atoms with Crippen molar-refractivity contribution in [2.24, 2.45) is 7.05 Å². The third-order valence-electron chi connectivity index (χ3n) is 4.47. The van der Waals surface area contributed by atoms with E-state index in [4.69, 9.17) is 30.8 Å². The third kappa shape index (κ3) is 4.19. The maximum absolute atomic E-state index is 6.02. The Morgan fingerprint density at radius 1 is 1.32 bits per heavy atom. The van der Waals surface area contributed by atoms with Crippen LogP contribution in [0.15, 0.2) is 30.6 Å². The van der Waals surface area contributed by atoms with Crippen molar-refractivity contribution in [3.63, 3.8) is 0 Å². The Bertz CT molecular complexity index is 929. The molecule has 3 aromatic rings. The molecule has 0 saturated carbocycles. The van der Waals surface area contributed by atoms with Crippen molar-refractivity contribution in [2.75, 3.05) is 19.8 Å². The van der Waals surface area contributed by atoms with Crippen LogP contribution in [0, 0.1) is 6.92 Å². The van der Waals surface area contributed by atoms with E-state index in [1.54, 1.807) is 18.5 Å². The topological polar surface area (TPSA) is 76.2 Å². The van der Waals surface area contributed by atoms with Crippen molar-refractivity contribution < 1.29 is 14.2 Å². The Morgan fingerprint density at radius 2 is 2.21 bits per heavy atom. The van der Waals surface area contributed by atoms with Crippen molar-refractivity contribution in [2.45, 2.75) is 26.2 Å². The minimum absolute atomic E-state index is 0.0653. The summed E-state index contributed by atoms with van der Waals surface area (Å²) in [5, 5.41) is 5.27. The molecule has 9 heteroatoms. The van der Waals surface area contributed by atoms with Crippen molar-refractivity contribution in [3.8, 4) is 17.3 Å². The summed E-state index contributed by atoms with van der Waals surface area (Å²) in [6, 6.07) is 7.26. The van der Waals surface area contributed by atoms with Crippen LogP contribution in [0.5, 0.6) is 5.75 Å². The number of hydrogen-bond acceptors (Lipinski definition) is 6. The van der Waals surface area contributed by atoms with Gasteiger partial charge in [0.15, 0.2) is 11.6 Å². The Morgan fingerprint density at radius 3 is 2.93 bits per heavy atom. The second-order valence-corrected chi connectivity index (χ2v) is 7.07. The third-order valence-corrected chi connectivity index (χ3v) is 4.71. The highest BCUT2D eigenvalue weighted by atomic mass is 35.5. The number of benzene rings is 1. The van der Waals surface area contributed by atoms with E-state index in [-0.39, 0.29) is 12.7 Å². The average Bonchev–Trinajstić information content (AvgIpc) is 3.23. The summed E-state index contributed by atoms with van der Waals surface area (Å²) in [6.07, 6.45) is 1.70. The summed E-state index contributed by atoms with van der Waals surface area (Å²) in [5.74, 6) is 1.98. The van der Waals surface area contributed by atoms with Gasteiger partial charge in [0.25, 0.3) is 0 Å². The SMILES string of the molecule is Cc1ncn(C)c1-c1nc(COc2cccc(Cl)c2)nn1CC1COCCO1. The number of halogens is 1. The van der Waals surface area contributed by atoms with Gasteiger partial charge in [-0.05, 0) is 25.1 Å². The number of hydrogen-bond donors (Lipinski definition) is 0. The second-order valence-electron chi connectivity index (χ2n) is 6.64. The molecule has 1 aromatic carbocycles. The fraction of sp³-hybridized carbons (Fsp3) is 0.421. The van der Waals surface area contributed by atoms with Gasteiger partial charge in [-0.15, -0.1) is 0 Å². The fourth-order valence-electron chi connectivity index (χ4n) is 3.16. The molecule has 1 atom stereocenters. The molecule has 0 aliphatic carbocycles. The van der Waals surface area contributed by atoms with Crippen LogP contribution in [0.4, 0.5) is 0 Å². The predicted octanol–water partition coefficient (Wildman–Crippen LogP) is 2.63. The molecule has 8 nitrogen and oxygen atoms in total. The highest BCUT2D eigenvalue weighted by molar-refractivity contribution is 6.30. The fourth-order valence-corrected chi connectivity index (χ4v) is 3.34.